The highest BCUT2D eigenvalue weighted by Crippen LogP contribution is 2.28. The molecule has 0 saturated heterocycles. The first-order valence-electron chi connectivity index (χ1n) is 4.83. The lowest BCUT2D eigenvalue weighted by Gasteiger charge is -2.07. The molecule has 0 aliphatic heterocycles. The summed E-state index contributed by atoms with van der Waals surface area (Å²) in [7, 11) is 1.72. The zero-order chi connectivity index (χ0) is 12.3. The average molecular weight is 270 g/mol. The van der Waals surface area contributed by atoms with Crippen LogP contribution in [0.2, 0.25) is 10.0 Å². The zero-order valence-electron chi connectivity index (χ0n) is 8.95. The van der Waals surface area contributed by atoms with Crippen LogP contribution in [-0.4, -0.2) is 17.0 Å². The van der Waals surface area contributed by atoms with E-state index in [1.807, 2.05) is 0 Å². The highest BCUT2D eigenvalue weighted by Gasteiger charge is 2.07. The monoisotopic (exact) mass is 269 g/mol. The van der Waals surface area contributed by atoms with Gasteiger partial charge in [-0.3, -0.25) is 0 Å². The molecule has 17 heavy (non-hydrogen) atoms. The lowest BCUT2D eigenvalue weighted by molar-refractivity contribution is 0.462. The Bertz CT molecular complexity index is 517. The van der Waals surface area contributed by atoms with Crippen LogP contribution in [0.25, 0.3) is 0 Å². The maximum atomic E-state index is 5.93. The van der Waals surface area contributed by atoms with E-state index in [0.717, 1.165) is 0 Å². The van der Waals surface area contributed by atoms with Crippen molar-refractivity contribution in [1.29, 1.82) is 0 Å². The average Bonchev–Trinajstić information content (AvgIpc) is 2.35. The first-order valence-corrected chi connectivity index (χ1v) is 5.58. The maximum Gasteiger partial charge on any atom is 0.243 e. The predicted octanol–water partition coefficient (Wildman–Crippen LogP) is 3.62. The summed E-state index contributed by atoms with van der Waals surface area (Å²) in [5, 5.41) is 3.79. The van der Waals surface area contributed by atoms with Gasteiger partial charge in [0, 0.05) is 12.1 Å². The van der Waals surface area contributed by atoms with Crippen molar-refractivity contribution in [3.8, 4) is 11.6 Å². The van der Waals surface area contributed by atoms with E-state index in [1.54, 1.807) is 31.3 Å². The van der Waals surface area contributed by atoms with E-state index in [-0.39, 0.29) is 0 Å². The minimum absolute atomic E-state index is 0.299. The largest absolute Gasteiger partial charge is 0.437 e. The first-order chi connectivity index (χ1) is 8.19. The van der Waals surface area contributed by atoms with Crippen LogP contribution in [0, 0.1) is 0 Å². The SMILES string of the molecule is CNc1ncc(Cl)c(Oc2ccc(Cl)cc2)n1. The van der Waals surface area contributed by atoms with Gasteiger partial charge >= 0.3 is 0 Å². The Hall–Kier alpha value is -1.52. The molecule has 0 unspecified atom stereocenters. The van der Waals surface area contributed by atoms with Gasteiger partial charge in [0.25, 0.3) is 0 Å². The van der Waals surface area contributed by atoms with Crippen LogP contribution in [0.3, 0.4) is 0 Å². The van der Waals surface area contributed by atoms with Gasteiger partial charge in [0.1, 0.15) is 10.8 Å². The van der Waals surface area contributed by atoms with Crippen molar-refractivity contribution in [3.63, 3.8) is 0 Å². The highest BCUT2D eigenvalue weighted by molar-refractivity contribution is 6.31. The molecule has 88 valence electrons. The quantitative estimate of drug-likeness (QED) is 0.925. The van der Waals surface area contributed by atoms with Crippen LogP contribution in [-0.2, 0) is 0 Å². The third kappa shape index (κ3) is 2.99. The number of hydrogen-bond donors (Lipinski definition) is 1. The Morgan fingerprint density at radius 2 is 1.88 bits per heavy atom. The number of nitrogens with one attached hydrogen (secondary N) is 1. The third-order valence-corrected chi connectivity index (χ3v) is 2.47. The second kappa shape index (κ2) is 5.21. The Morgan fingerprint density at radius 3 is 2.53 bits per heavy atom. The minimum atomic E-state index is 0.299. The van der Waals surface area contributed by atoms with Gasteiger partial charge in [0.15, 0.2) is 0 Å². The Balaban J connectivity index is 2.25. The molecule has 0 bridgehead atoms. The second-order valence-corrected chi connectivity index (χ2v) is 4.00. The van der Waals surface area contributed by atoms with E-state index >= 15 is 0 Å². The summed E-state index contributed by atoms with van der Waals surface area (Å²) < 4.78 is 5.52. The second-order valence-electron chi connectivity index (χ2n) is 3.15. The van der Waals surface area contributed by atoms with Crippen molar-refractivity contribution < 1.29 is 4.74 Å². The van der Waals surface area contributed by atoms with Crippen LogP contribution < -0.4 is 10.1 Å². The minimum Gasteiger partial charge on any atom is -0.437 e. The Morgan fingerprint density at radius 1 is 1.18 bits per heavy atom. The number of anilines is 1. The number of halogens is 2. The summed E-state index contributed by atoms with van der Waals surface area (Å²) in [4.78, 5) is 8.06. The molecule has 1 aromatic carbocycles. The van der Waals surface area contributed by atoms with Crippen LogP contribution in [0.5, 0.6) is 11.6 Å². The van der Waals surface area contributed by atoms with Gasteiger partial charge in [-0.1, -0.05) is 23.2 Å². The molecule has 2 rings (SSSR count). The molecule has 2 aromatic rings. The summed E-state index contributed by atoms with van der Waals surface area (Å²) in [5.41, 5.74) is 0. The fourth-order valence-electron chi connectivity index (χ4n) is 1.16. The number of hydrogen-bond acceptors (Lipinski definition) is 4. The number of benzene rings is 1. The van der Waals surface area contributed by atoms with E-state index in [0.29, 0.717) is 27.6 Å². The smallest absolute Gasteiger partial charge is 0.243 e. The molecule has 0 atom stereocenters. The molecule has 0 fully saturated rings. The summed E-state index contributed by atoms with van der Waals surface area (Å²) in [6.07, 6.45) is 1.48. The molecule has 0 aliphatic carbocycles. The first kappa shape index (κ1) is 12.0. The number of nitrogens with zero attached hydrogens (tertiary/aromatic N) is 2. The molecule has 0 saturated carbocycles. The van der Waals surface area contributed by atoms with Crippen molar-refractivity contribution in [3.05, 3.63) is 40.5 Å². The van der Waals surface area contributed by atoms with Gasteiger partial charge in [-0.15, -0.1) is 0 Å². The topological polar surface area (TPSA) is 47.0 Å². The highest BCUT2D eigenvalue weighted by atomic mass is 35.5. The van der Waals surface area contributed by atoms with Gasteiger partial charge in [-0.05, 0) is 24.3 Å². The van der Waals surface area contributed by atoms with E-state index in [2.05, 4.69) is 15.3 Å². The summed E-state index contributed by atoms with van der Waals surface area (Å²) in [6, 6.07) is 6.93. The normalized spacial score (nSPS) is 10.1. The molecule has 0 amide bonds. The standard InChI is InChI=1S/C11H9Cl2N3O/c1-14-11-15-6-9(13)10(16-11)17-8-4-2-7(12)3-5-8/h2-6H,1H3,(H,14,15,16). The van der Waals surface area contributed by atoms with Crippen LogP contribution >= 0.6 is 23.2 Å². The Kier molecular flexibility index (Phi) is 3.66. The molecular weight excluding hydrogens is 261 g/mol. The summed E-state index contributed by atoms with van der Waals surface area (Å²) >= 11 is 11.7. The summed E-state index contributed by atoms with van der Waals surface area (Å²) in [5.74, 6) is 1.35. The number of rotatable bonds is 3. The lowest BCUT2D eigenvalue weighted by Crippen LogP contribution is -1.98. The lowest BCUT2D eigenvalue weighted by atomic mass is 10.3. The van der Waals surface area contributed by atoms with Crippen molar-refractivity contribution in [2.75, 3.05) is 12.4 Å². The summed E-state index contributed by atoms with van der Waals surface area (Å²) in [6.45, 7) is 0. The fourth-order valence-corrected chi connectivity index (χ4v) is 1.41. The third-order valence-electron chi connectivity index (χ3n) is 1.96. The molecule has 1 heterocycles. The van der Waals surface area contributed by atoms with Gasteiger partial charge < -0.3 is 10.1 Å². The molecule has 0 radical (unpaired) electrons. The van der Waals surface area contributed by atoms with Crippen LogP contribution in [0.1, 0.15) is 0 Å². The fraction of sp³-hybridized carbons (Fsp3) is 0.0909. The van der Waals surface area contributed by atoms with Gasteiger partial charge in [-0.25, -0.2) is 4.98 Å². The molecule has 1 N–H and O–H groups in total. The molecule has 0 aliphatic rings. The molecular formula is C11H9Cl2N3O. The van der Waals surface area contributed by atoms with E-state index in [9.17, 15) is 0 Å². The number of ether oxygens (including phenoxy) is 1. The molecule has 1 aromatic heterocycles. The van der Waals surface area contributed by atoms with E-state index in [4.69, 9.17) is 27.9 Å². The Labute approximate surface area is 109 Å². The maximum absolute atomic E-state index is 5.93. The molecule has 6 heteroatoms. The van der Waals surface area contributed by atoms with Crippen molar-refractivity contribution >= 4 is 29.2 Å². The van der Waals surface area contributed by atoms with Gasteiger partial charge in [0.2, 0.25) is 11.8 Å². The van der Waals surface area contributed by atoms with Crippen LogP contribution in [0.4, 0.5) is 5.95 Å². The molecule has 0 spiro atoms. The van der Waals surface area contributed by atoms with Crippen molar-refractivity contribution in [1.82, 2.24) is 9.97 Å². The van der Waals surface area contributed by atoms with E-state index < -0.39 is 0 Å². The number of aromatic nitrogens is 2. The van der Waals surface area contributed by atoms with Crippen molar-refractivity contribution in [2.24, 2.45) is 0 Å². The predicted molar refractivity (Wildman–Crippen MR) is 68.1 cm³/mol. The van der Waals surface area contributed by atoms with Gasteiger partial charge in [0.05, 0.1) is 6.20 Å². The van der Waals surface area contributed by atoms with Crippen LogP contribution in [0.15, 0.2) is 30.5 Å². The van der Waals surface area contributed by atoms with E-state index in [1.165, 1.54) is 6.20 Å². The zero-order valence-corrected chi connectivity index (χ0v) is 10.5. The van der Waals surface area contributed by atoms with Gasteiger partial charge in [-0.2, -0.15) is 4.98 Å². The van der Waals surface area contributed by atoms with Crippen molar-refractivity contribution in [2.45, 2.75) is 0 Å². The molecule has 4 nitrogen and oxygen atoms in total.